The van der Waals surface area contributed by atoms with Gasteiger partial charge in [-0.2, -0.15) is 5.26 Å². The molecule has 0 spiro atoms. The van der Waals surface area contributed by atoms with E-state index in [2.05, 4.69) is 6.07 Å². The van der Waals surface area contributed by atoms with Crippen LogP contribution < -0.4 is 4.74 Å². The summed E-state index contributed by atoms with van der Waals surface area (Å²) >= 11 is 0. The predicted molar refractivity (Wildman–Crippen MR) is 88.3 cm³/mol. The van der Waals surface area contributed by atoms with Gasteiger partial charge < -0.3 is 9.47 Å². The number of hydrogen-bond donors (Lipinski definition) is 0. The van der Waals surface area contributed by atoms with Crippen LogP contribution in [0.25, 0.3) is 11.1 Å². The zero-order chi connectivity index (χ0) is 17.0. The highest BCUT2D eigenvalue weighted by Gasteiger charge is 2.18. The van der Waals surface area contributed by atoms with Crippen LogP contribution in [0.5, 0.6) is 5.75 Å². The minimum Gasteiger partial charge on any atom is -0.497 e. The van der Waals surface area contributed by atoms with Crippen LogP contribution in [0, 0.1) is 11.3 Å². The lowest BCUT2D eigenvalue weighted by Gasteiger charge is -2.19. The zero-order valence-electron chi connectivity index (χ0n) is 13.7. The van der Waals surface area contributed by atoms with Gasteiger partial charge in [-0.05, 0) is 56.7 Å². The highest BCUT2D eigenvalue weighted by atomic mass is 16.6. The number of carbonyl (C=O) groups is 1. The second kappa shape index (κ2) is 6.53. The van der Waals surface area contributed by atoms with Gasteiger partial charge in [-0.3, -0.25) is 0 Å². The van der Waals surface area contributed by atoms with E-state index in [-0.39, 0.29) is 5.97 Å². The highest BCUT2D eigenvalue weighted by molar-refractivity contribution is 5.90. The minimum atomic E-state index is -0.531. The van der Waals surface area contributed by atoms with E-state index < -0.39 is 5.60 Å². The topological polar surface area (TPSA) is 59.3 Å². The van der Waals surface area contributed by atoms with Crippen molar-refractivity contribution < 1.29 is 14.3 Å². The van der Waals surface area contributed by atoms with Gasteiger partial charge in [-0.1, -0.05) is 12.1 Å². The maximum Gasteiger partial charge on any atom is 0.338 e. The van der Waals surface area contributed by atoms with Crippen LogP contribution in [0.15, 0.2) is 42.5 Å². The monoisotopic (exact) mass is 309 g/mol. The smallest absolute Gasteiger partial charge is 0.338 e. The van der Waals surface area contributed by atoms with Gasteiger partial charge in [0.1, 0.15) is 11.4 Å². The van der Waals surface area contributed by atoms with Gasteiger partial charge in [0.25, 0.3) is 0 Å². The maximum atomic E-state index is 12.0. The largest absolute Gasteiger partial charge is 0.497 e. The Hall–Kier alpha value is -2.80. The van der Waals surface area contributed by atoms with E-state index in [0.717, 1.165) is 11.1 Å². The molecule has 0 heterocycles. The third-order valence-corrected chi connectivity index (χ3v) is 3.18. The van der Waals surface area contributed by atoms with Crippen molar-refractivity contribution in [1.29, 1.82) is 5.26 Å². The molecule has 0 atom stereocenters. The van der Waals surface area contributed by atoms with Crippen LogP contribution in [0.4, 0.5) is 0 Å². The first kappa shape index (κ1) is 16.6. The number of nitrogens with zero attached hydrogens (tertiary/aromatic N) is 1. The molecule has 0 bridgehead atoms. The quantitative estimate of drug-likeness (QED) is 0.798. The SMILES string of the molecule is COc1ccc(C#N)c(-c2ccc(C(=O)OC(C)(C)C)cc2)c1. The van der Waals surface area contributed by atoms with Gasteiger partial charge in [-0.25, -0.2) is 4.79 Å². The standard InChI is InChI=1S/C19H19NO3/c1-19(2,3)23-18(21)14-7-5-13(6-8-14)17-11-16(22-4)10-9-15(17)12-20/h5-11H,1-4H3. The summed E-state index contributed by atoms with van der Waals surface area (Å²) in [6.07, 6.45) is 0. The maximum absolute atomic E-state index is 12.0. The summed E-state index contributed by atoms with van der Waals surface area (Å²) in [6, 6.07) is 14.4. The number of esters is 1. The lowest BCUT2D eigenvalue weighted by atomic mass is 9.99. The van der Waals surface area contributed by atoms with Crippen LogP contribution in [0.1, 0.15) is 36.7 Å². The number of hydrogen-bond acceptors (Lipinski definition) is 4. The Morgan fingerprint density at radius 1 is 1.09 bits per heavy atom. The fourth-order valence-electron chi connectivity index (χ4n) is 2.11. The molecule has 2 rings (SSSR count). The molecule has 0 unspecified atom stereocenters. The van der Waals surface area contributed by atoms with Crippen molar-refractivity contribution in [2.45, 2.75) is 26.4 Å². The molecule has 23 heavy (non-hydrogen) atoms. The summed E-state index contributed by atoms with van der Waals surface area (Å²) in [5.41, 5.74) is 2.10. The molecule has 0 saturated heterocycles. The molecule has 0 aliphatic carbocycles. The van der Waals surface area contributed by atoms with Gasteiger partial charge >= 0.3 is 5.97 Å². The van der Waals surface area contributed by atoms with E-state index in [1.807, 2.05) is 20.8 Å². The van der Waals surface area contributed by atoms with Crippen molar-refractivity contribution in [3.8, 4) is 22.9 Å². The van der Waals surface area contributed by atoms with Gasteiger partial charge in [0.2, 0.25) is 0 Å². The normalized spacial score (nSPS) is 10.7. The second-order valence-electron chi connectivity index (χ2n) is 6.10. The molecule has 0 fully saturated rings. The number of nitriles is 1. The molecule has 0 radical (unpaired) electrons. The summed E-state index contributed by atoms with van der Waals surface area (Å²) in [4.78, 5) is 12.0. The van der Waals surface area contributed by atoms with Crippen LogP contribution >= 0.6 is 0 Å². The summed E-state index contributed by atoms with van der Waals surface area (Å²) < 4.78 is 10.5. The van der Waals surface area contributed by atoms with Crippen molar-refractivity contribution in [2.75, 3.05) is 7.11 Å². The Bertz CT molecular complexity index is 750. The molecular weight excluding hydrogens is 290 g/mol. The van der Waals surface area contributed by atoms with Gasteiger partial charge in [0.15, 0.2) is 0 Å². The Kier molecular flexibility index (Phi) is 4.71. The van der Waals surface area contributed by atoms with Gasteiger partial charge in [0.05, 0.1) is 24.3 Å². The first-order chi connectivity index (χ1) is 10.8. The van der Waals surface area contributed by atoms with E-state index in [0.29, 0.717) is 16.9 Å². The first-order valence-corrected chi connectivity index (χ1v) is 7.26. The van der Waals surface area contributed by atoms with E-state index in [9.17, 15) is 10.1 Å². The Morgan fingerprint density at radius 2 is 1.74 bits per heavy atom. The second-order valence-corrected chi connectivity index (χ2v) is 6.10. The highest BCUT2D eigenvalue weighted by Crippen LogP contribution is 2.28. The fraction of sp³-hybridized carbons (Fsp3) is 0.263. The number of carbonyl (C=O) groups excluding carboxylic acids is 1. The van der Waals surface area contributed by atoms with Crippen LogP contribution in [0.2, 0.25) is 0 Å². The molecule has 4 heteroatoms. The van der Waals surface area contributed by atoms with E-state index in [4.69, 9.17) is 9.47 Å². The molecule has 118 valence electrons. The number of ether oxygens (including phenoxy) is 2. The summed E-state index contributed by atoms with van der Waals surface area (Å²) in [5, 5.41) is 9.25. The van der Waals surface area contributed by atoms with Crippen molar-refractivity contribution in [2.24, 2.45) is 0 Å². The van der Waals surface area contributed by atoms with Crippen molar-refractivity contribution in [3.63, 3.8) is 0 Å². The molecule has 2 aromatic carbocycles. The van der Waals surface area contributed by atoms with E-state index >= 15 is 0 Å². The lowest BCUT2D eigenvalue weighted by Crippen LogP contribution is -2.23. The molecule has 0 N–H and O–H groups in total. The minimum absolute atomic E-state index is 0.366. The van der Waals surface area contributed by atoms with E-state index in [1.54, 1.807) is 49.6 Å². The molecule has 2 aromatic rings. The zero-order valence-corrected chi connectivity index (χ0v) is 13.7. The molecule has 0 aliphatic rings. The van der Waals surface area contributed by atoms with Crippen molar-refractivity contribution in [3.05, 3.63) is 53.6 Å². The first-order valence-electron chi connectivity index (χ1n) is 7.26. The summed E-state index contributed by atoms with van der Waals surface area (Å²) in [6.45, 7) is 5.48. The number of rotatable bonds is 3. The van der Waals surface area contributed by atoms with Gasteiger partial charge in [0, 0.05) is 5.56 Å². The molecule has 0 aliphatic heterocycles. The van der Waals surface area contributed by atoms with Crippen LogP contribution in [0.3, 0.4) is 0 Å². The van der Waals surface area contributed by atoms with Crippen LogP contribution in [-0.4, -0.2) is 18.7 Å². The Morgan fingerprint density at radius 3 is 2.26 bits per heavy atom. The molecule has 0 saturated carbocycles. The number of methoxy groups -OCH3 is 1. The van der Waals surface area contributed by atoms with Gasteiger partial charge in [-0.15, -0.1) is 0 Å². The molecule has 0 aromatic heterocycles. The average Bonchev–Trinajstić information content (AvgIpc) is 2.52. The summed E-state index contributed by atoms with van der Waals surface area (Å²) in [5.74, 6) is 0.311. The predicted octanol–water partition coefficient (Wildman–Crippen LogP) is 4.19. The summed E-state index contributed by atoms with van der Waals surface area (Å²) in [7, 11) is 1.58. The number of benzene rings is 2. The van der Waals surface area contributed by atoms with E-state index in [1.165, 1.54) is 0 Å². The third kappa shape index (κ3) is 4.10. The Labute approximate surface area is 136 Å². The molecule has 4 nitrogen and oxygen atoms in total. The van der Waals surface area contributed by atoms with Crippen molar-refractivity contribution >= 4 is 5.97 Å². The average molecular weight is 309 g/mol. The fourth-order valence-corrected chi connectivity index (χ4v) is 2.11. The van der Waals surface area contributed by atoms with Crippen LogP contribution in [-0.2, 0) is 4.74 Å². The lowest BCUT2D eigenvalue weighted by molar-refractivity contribution is 0.00696. The molecule has 0 amide bonds. The Balaban J connectivity index is 2.33. The molecular formula is C19H19NO3. The van der Waals surface area contributed by atoms with Crippen molar-refractivity contribution in [1.82, 2.24) is 0 Å². The third-order valence-electron chi connectivity index (χ3n) is 3.18.